The molecule has 0 spiro atoms. The molecule has 2 N–H and O–H groups in total. The van der Waals surface area contributed by atoms with Crippen LogP contribution in [0.25, 0.3) is 0 Å². The monoisotopic (exact) mass is 330 g/mol. The highest BCUT2D eigenvalue weighted by molar-refractivity contribution is 5.23. The molecule has 0 aliphatic carbocycles. The molecule has 3 rings (SSSR count). The number of nitrogens with zero attached hydrogens (tertiary/aromatic N) is 4. The number of hydrogen-bond donors (Lipinski definition) is 2. The number of aryl methyl sites for hydroxylation is 1. The number of hydrogen-bond acceptors (Lipinski definition) is 4. The van der Waals surface area contributed by atoms with Crippen LogP contribution >= 0.6 is 0 Å². The van der Waals surface area contributed by atoms with Gasteiger partial charge in [0.2, 0.25) is 0 Å². The summed E-state index contributed by atoms with van der Waals surface area (Å²) >= 11 is 0. The molecule has 0 unspecified atom stereocenters. The Kier molecular flexibility index (Phi) is 4.76. The summed E-state index contributed by atoms with van der Waals surface area (Å²) in [6, 6.07) is 0. The quantitative estimate of drug-likeness (QED) is 0.884. The van der Waals surface area contributed by atoms with Gasteiger partial charge in [-0.15, -0.1) is 10.2 Å². The summed E-state index contributed by atoms with van der Waals surface area (Å²) in [7, 11) is 0. The predicted molar refractivity (Wildman–Crippen MR) is 94.9 cm³/mol. The molecule has 0 radical (unpaired) electrons. The SMILES string of the molecule is CC(C)c1nnc2n1C[C@H](CNCc1cn[nH]c1C(C)(C)C)CC2. The fourth-order valence-corrected chi connectivity index (χ4v) is 3.51. The van der Waals surface area contributed by atoms with E-state index in [-0.39, 0.29) is 5.41 Å². The first-order valence-corrected chi connectivity index (χ1v) is 9.01. The van der Waals surface area contributed by atoms with Gasteiger partial charge in [0, 0.05) is 42.1 Å². The molecule has 0 saturated carbocycles. The molecule has 0 saturated heterocycles. The normalized spacial score (nSPS) is 18.2. The largest absolute Gasteiger partial charge is 0.314 e. The van der Waals surface area contributed by atoms with Gasteiger partial charge in [0.25, 0.3) is 0 Å². The summed E-state index contributed by atoms with van der Waals surface area (Å²) in [4.78, 5) is 0. The van der Waals surface area contributed by atoms with E-state index in [1.807, 2.05) is 6.20 Å². The molecular formula is C18H30N6. The molecule has 24 heavy (non-hydrogen) atoms. The molecule has 0 aromatic carbocycles. The highest BCUT2D eigenvalue weighted by Crippen LogP contribution is 2.25. The van der Waals surface area contributed by atoms with Crippen LogP contribution in [0, 0.1) is 5.92 Å². The van der Waals surface area contributed by atoms with E-state index in [0.29, 0.717) is 11.8 Å². The molecule has 0 fully saturated rings. The fraction of sp³-hybridized carbons (Fsp3) is 0.722. The van der Waals surface area contributed by atoms with E-state index in [9.17, 15) is 0 Å². The Bertz CT molecular complexity index is 676. The lowest BCUT2D eigenvalue weighted by Gasteiger charge is -2.25. The third-order valence-corrected chi connectivity index (χ3v) is 4.81. The van der Waals surface area contributed by atoms with E-state index in [4.69, 9.17) is 0 Å². The van der Waals surface area contributed by atoms with E-state index in [1.54, 1.807) is 0 Å². The van der Waals surface area contributed by atoms with Crippen molar-refractivity contribution in [3.63, 3.8) is 0 Å². The van der Waals surface area contributed by atoms with Gasteiger partial charge in [0.05, 0.1) is 6.20 Å². The van der Waals surface area contributed by atoms with E-state index < -0.39 is 0 Å². The zero-order valence-electron chi connectivity index (χ0n) is 15.6. The minimum atomic E-state index is 0.0991. The van der Waals surface area contributed by atoms with Crippen LogP contribution in [0.15, 0.2) is 6.20 Å². The van der Waals surface area contributed by atoms with E-state index >= 15 is 0 Å². The minimum Gasteiger partial charge on any atom is -0.314 e. The molecule has 3 heterocycles. The standard InChI is InChI=1S/C18H30N6/c1-12(2)17-23-21-15-7-6-13(11-24(15)17)8-19-9-14-10-20-22-16(14)18(3,4)5/h10,12-13,19H,6-9,11H2,1-5H3,(H,20,22)/t13-/m0/s1. The van der Waals surface area contributed by atoms with Crippen molar-refractivity contribution < 1.29 is 0 Å². The van der Waals surface area contributed by atoms with Crippen LogP contribution in [-0.4, -0.2) is 31.5 Å². The molecule has 6 nitrogen and oxygen atoms in total. The Morgan fingerprint density at radius 1 is 1.33 bits per heavy atom. The molecule has 132 valence electrons. The summed E-state index contributed by atoms with van der Waals surface area (Å²) < 4.78 is 2.33. The number of rotatable bonds is 5. The summed E-state index contributed by atoms with van der Waals surface area (Å²) in [6.07, 6.45) is 4.16. The van der Waals surface area contributed by atoms with Crippen LogP contribution in [0.2, 0.25) is 0 Å². The van der Waals surface area contributed by atoms with Crippen molar-refractivity contribution in [3.8, 4) is 0 Å². The van der Waals surface area contributed by atoms with Crippen molar-refractivity contribution in [2.45, 2.75) is 71.9 Å². The molecule has 2 aromatic rings. The van der Waals surface area contributed by atoms with Gasteiger partial charge in [-0.25, -0.2) is 0 Å². The Balaban J connectivity index is 1.57. The lowest BCUT2D eigenvalue weighted by atomic mass is 9.89. The Morgan fingerprint density at radius 2 is 2.12 bits per heavy atom. The van der Waals surface area contributed by atoms with Crippen LogP contribution in [0.1, 0.15) is 69.9 Å². The first kappa shape index (κ1) is 17.1. The topological polar surface area (TPSA) is 71.4 Å². The van der Waals surface area contributed by atoms with Gasteiger partial charge in [-0.3, -0.25) is 5.10 Å². The molecule has 1 aliphatic heterocycles. The van der Waals surface area contributed by atoms with Gasteiger partial charge in [0.15, 0.2) is 0 Å². The van der Waals surface area contributed by atoms with Crippen molar-refractivity contribution in [1.29, 1.82) is 0 Å². The molecule has 1 atom stereocenters. The summed E-state index contributed by atoms with van der Waals surface area (Å²) in [6.45, 7) is 13.9. The van der Waals surface area contributed by atoms with E-state index in [2.05, 4.69) is 64.9 Å². The zero-order valence-corrected chi connectivity index (χ0v) is 15.6. The molecular weight excluding hydrogens is 300 g/mol. The Labute approximate surface area is 144 Å². The first-order valence-electron chi connectivity index (χ1n) is 9.01. The number of fused-ring (bicyclic) bond motifs is 1. The lowest BCUT2D eigenvalue weighted by Crippen LogP contribution is -2.31. The second kappa shape index (κ2) is 6.67. The molecule has 1 aliphatic rings. The molecule has 0 bridgehead atoms. The first-order chi connectivity index (χ1) is 11.4. The highest BCUT2D eigenvalue weighted by Gasteiger charge is 2.24. The van der Waals surface area contributed by atoms with E-state index in [1.165, 1.54) is 17.7 Å². The van der Waals surface area contributed by atoms with Crippen molar-refractivity contribution in [2.24, 2.45) is 5.92 Å². The Morgan fingerprint density at radius 3 is 2.83 bits per heavy atom. The van der Waals surface area contributed by atoms with Gasteiger partial charge in [-0.1, -0.05) is 34.6 Å². The molecule has 6 heteroatoms. The van der Waals surface area contributed by atoms with Crippen LogP contribution in [0.3, 0.4) is 0 Å². The predicted octanol–water partition coefficient (Wildman–Crippen LogP) is 2.77. The second-order valence-corrected chi connectivity index (χ2v) is 8.30. The summed E-state index contributed by atoms with van der Waals surface area (Å²) in [5.74, 6) is 3.34. The molecule has 2 aromatic heterocycles. The maximum Gasteiger partial charge on any atom is 0.135 e. The number of nitrogens with one attached hydrogen (secondary N) is 2. The average molecular weight is 330 g/mol. The number of H-pyrrole nitrogens is 1. The smallest absolute Gasteiger partial charge is 0.135 e. The highest BCUT2D eigenvalue weighted by atomic mass is 15.3. The van der Waals surface area contributed by atoms with Gasteiger partial charge in [-0.05, 0) is 18.9 Å². The maximum atomic E-state index is 4.37. The number of aromatic amines is 1. The molecule has 0 amide bonds. The van der Waals surface area contributed by atoms with Gasteiger partial charge >= 0.3 is 0 Å². The van der Waals surface area contributed by atoms with Gasteiger partial charge in [0.1, 0.15) is 11.6 Å². The van der Waals surface area contributed by atoms with E-state index in [0.717, 1.165) is 37.7 Å². The second-order valence-electron chi connectivity index (χ2n) is 8.30. The summed E-state index contributed by atoms with van der Waals surface area (Å²) in [5.41, 5.74) is 2.59. The van der Waals surface area contributed by atoms with Crippen LogP contribution in [0.5, 0.6) is 0 Å². The van der Waals surface area contributed by atoms with Crippen LogP contribution in [-0.2, 0) is 24.9 Å². The average Bonchev–Trinajstić information content (AvgIpc) is 3.12. The zero-order chi connectivity index (χ0) is 17.3. The van der Waals surface area contributed by atoms with Crippen molar-refractivity contribution in [2.75, 3.05) is 6.54 Å². The van der Waals surface area contributed by atoms with Crippen molar-refractivity contribution in [3.05, 3.63) is 29.1 Å². The van der Waals surface area contributed by atoms with Crippen LogP contribution in [0.4, 0.5) is 0 Å². The lowest BCUT2D eigenvalue weighted by molar-refractivity contribution is 0.339. The van der Waals surface area contributed by atoms with Crippen molar-refractivity contribution in [1.82, 2.24) is 30.3 Å². The van der Waals surface area contributed by atoms with Crippen molar-refractivity contribution >= 4 is 0 Å². The maximum absolute atomic E-state index is 4.37. The minimum absolute atomic E-state index is 0.0991. The Hall–Kier alpha value is -1.69. The van der Waals surface area contributed by atoms with Gasteiger partial charge in [-0.2, -0.15) is 5.10 Å². The third kappa shape index (κ3) is 3.53. The third-order valence-electron chi connectivity index (χ3n) is 4.81. The fourth-order valence-electron chi connectivity index (χ4n) is 3.51. The summed E-state index contributed by atoms with van der Waals surface area (Å²) in [5, 5.41) is 19.7. The van der Waals surface area contributed by atoms with Gasteiger partial charge < -0.3 is 9.88 Å². The number of aromatic nitrogens is 5. The van der Waals surface area contributed by atoms with Crippen LogP contribution < -0.4 is 5.32 Å².